The summed E-state index contributed by atoms with van der Waals surface area (Å²) in [5.74, 6) is 0.356. The predicted octanol–water partition coefficient (Wildman–Crippen LogP) is 1.95. The van der Waals surface area contributed by atoms with Crippen LogP contribution in [0.5, 0.6) is 0 Å². The Morgan fingerprint density at radius 1 is 1.31 bits per heavy atom. The zero-order valence-corrected chi connectivity index (χ0v) is 10.9. The molecule has 2 fully saturated rings. The monoisotopic (exact) mass is 246 g/mol. The number of amides is 1. The fraction of sp³-hybridized carbons (Fsp3) is 0.917. The van der Waals surface area contributed by atoms with Crippen molar-refractivity contribution in [2.75, 3.05) is 13.1 Å². The van der Waals surface area contributed by atoms with Crippen LogP contribution in [0.3, 0.4) is 0 Å². The zero-order valence-electron chi connectivity index (χ0n) is 10.1. The number of halogens is 1. The van der Waals surface area contributed by atoms with E-state index in [1.807, 2.05) is 0 Å². The highest BCUT2D eigenvalue weighted by molar-refractivity contribution is 5.85. The van der Waals surface area contributed by atoms with E-state index >= 15 is 0 Å². The van der Waals surface area contributed by atoms with Crippen molar-refractivity contribution in [2.24, 2.45) is 0 Å². The summed E-state index contributed by atoms with van der Waals surface area (Å²) in [4.78, 5) is 14.3. The second kappa shape index (κ2) is 6.45. The molecule has 94 valence electrons. The second-order valence-corrected chi connectivity index (χ2v) is 4.74. The number of rotatable bonds is 2. The van der Waals surface area contributed by atoms with Crippen molar-refractivity contribution in [3.8, 4) is 0 Å². The highest BCUT2D eigenvalue weighted by Gasteiger charge is 2.32. The quantitative estimate of drug-likeness (QED) is 0.808. The van der Waals surface area contributed by atoms with E-state index < -0.39 is 0 Å². The Morgan fingerprint density at radius 3 is 2.62 bits per heavy atom. The Labute approximate surface area is 104 Å². The molecule has 2 aliphatic rings. The number of carbonyl (C=O) groups excluding carboxylic acids is 1. The minimum atomic E-state index is 0. The Kier molecular flexibility index (Phi) is 5.56. The molecule has 0 saturated carbocycles. The molecule has 0 aromatic carbocycles. The van der Waals surface area contributed by atoms with Crippen molar-refractivity contribution in [1.82, 2.24) is 10.2 Å². The Bertz CT molecular complexity index is 231. The van der Waals surface area contributed by atoms with E-state index in [-0.39, 0.29) is 18.4 Å². The van der Waals surface area contributed by atoms with Crippen LogP contribution >= 0.6 is 12.4 Å². The summed E-state index contributed by atoms with van der Waals surface area (Å²) in [6, 6.07) is 0.638. The fourth-order valence-electron chi connectivity index (χ4n) is 2.59. The maximum atomic E-state index is 12.2. The Balaban J connectivity index is 0.00000128. The number of hydrogen-bond acceptors (Lipinski definition) is 2. The molecule has 2 aliphatic heterocycles. The van der Waals surface area contributed by atoms with E-state index in [0.29, 0.717) is 11.9 Å². The van der Waals surface area contributed by atoms with E-state index in [0.717, 1.165) is 25.9 Å². The summed E-state index contributed by atoms with van der Waals surface area (Å²) in [7, 11) is 0. The highest BCUT2D eigenvalue weighted by atomic mass is 35.5. The molecule has 3 nitrogen and oxygen atoms in total. The molecule has 0 aromatic rings. The van der Waals surface area contributed by atoms with Gasteiger partial charge in [-0.3, -0.25) is 4.79 Å². The van der Waals surface area contributed by atoms with E-state index in [2.05, 4.69) is 17.1 Å². The van der Waals surface area contributed by atoms with Crippen LogP contribution in [0, 0.1) is 0 Å². The molecule has 16 heavy (non-hydrogen) atoms. The van der Waals surface area contributed by atoms with Gasteiger partial charge >= 0.3 is 0 Å². The SMILES string of the molecule is CCC1CCCCCN1C(=O)[C@H]1CCN1.Cl. The molecule has 0 aromatic heterocycles. The van der Waals surface area contributed by atoms with Crippen LogP contribution in [0.4, 0.5) is 0 Å². The van der Waals surface area contributed by atoms with E-state index in [9.17, 15) is 4.79 Å². The summed E-state index contributed by atoms with van der Waals surface area (Å²) in [5.41, 5.74) is 0. The van der Waals surface area contributed by atoms with Crippen LogP contribution in [0.15, 0.2) is 0 Å². The molecular formula is C12H23ClN2O. The second-order valence-electron chi connectivity index (χ2n) is 4.74. The van der Waals surface area contributed by atoms with Crippen LogP contribution in [0.25, 0.3) is 0 Å². The molecule has 0 aliphatic carbocycles. The normalized spacial score (nSPS) is 29.9. The third kappa shape index (κ3) is 2.89. The van der Waals surface area contributed by atoms with Gasteiger partial charge in [-0.15, -0.1) is 12.4 Å². The molecule has 0 bridgehead atoms. The van der Waals surface area contributed by atoms with Crippen molar-refractivity contribution in [3.63, 3.8) is 0 Å². The molecule has 4 heteroatoms. The molecular weight excluding hydrogens is 224 g/mol. The lowest BCUT2D eigenvalue weighted by Gasteiger charge is -2.36. The van der Waals surface area contributed by atoms with Crippen molar-refractivity contribution in [3.05, 3.63) is 0 Å². The lowest BCUT2D eigenvalue weighted by Crippen LogP contribution is -2.56. The molecule has 2 rings (SSSR count). The van der Waals surface area contributed by atoms with Crippen LogP contribution in [0.2, 0.25) is 0 Å². The van der Waals surface area contributed by atoms with Crippen LogP contribution in [-0.4, -0.2) is 36.0 Å². The van der Waals surface area contributed by atoms with Gasteiger partial charge in [0.25, 0.3) is 0 Å². The lowest BCUT2D eigenvalue weighted by atomic mass is 10.0. The van der Waals surface area contributed by atoms with Gasteiger partial charge in [-0.1, -0.05) is 19.8 Å². The number of carbonyl (C=O) groups is 1. The van der Waals surface area contributed by atoms with E-state index in [1.165, 1.54) is 25.7 Å². The van der Waals surface area contributed by atoms with Crippen LogP contribution in [-0.2, 0) is 4.79 Å². The first-order valence-corrected chi connectivity index (χ1v) is 6.36. The standard InChI is InChI=1S/C12H22N2O.ClH/c1-2-10-6-4-3-5-9-14(10)12(15)11-7-8-13-11;/h10-11,13H,2-9H2,1H3;1H/t10?,11-;/m1./s1. The molecule has 2 atom stereocenters. The third-order valence-electron chi connectivity index (χ3n) is 3.75. The van der Waals surface area contributed by atoms with Crippen molar-refractivity contribution in [1.29, 1.82) is 0 Å². The molecule has 2 heterocycles. The fourth-order valence-corrected chi connectivity index (χ4v) is 2.59. The number of nitrogens with one attached hydrogen (secondary N) is 1. The topological polar surface area (TPSA) is 32.3 Å². The van der Waals surface area contributed by atoms with Gasteiger partial charge in [0.15, 0.2) is 0 Å². The number of likely N-dealkylation sites (tertiary alicyclic amines) is 1. The van der Waals surface area contributed by atoms with Gasteiger partial charge in [-0.05, 0) is 32.2 Å². The summed E-state index contributed by atoms with van der Waals surface area (Å²) in [6.45, 7) is 4.20. The zero-order chi connectivity index (χ0) is 10.7. The van der Waals surface area contributed by atoms with Gasteiger partial charge in [-0.25, -0.2) is 0 Å². The molecule has 2 saturated heterocycles. The van der Waals surface area contributed by atoms with Crippen LogP contribution < -0.4 is 5.32 Å². The third-order valence-corrected chi connectivity index (χ3v) is 3.75. The van der Waals surface area contributed by atoms with Crippen molar-refractivity contribution < 1.29 is 4.79 Å². The Hall–Kier alpha value is -0.280. The average molecular weight is 247 g/mol. The van der Waals surface area contributed by atoms with Gasteiger partial charge in [-0.2, -0.15) is 0 Å². The number of hydrogen-bond donors (Lipinski definition) is 1. The largest absolute Gasteiger partial charge is 0.338 e. The van der Waals surface area contributed by atoms with E-state index in [4.69, 9.17) is 0 Å². The average Bonchev–Trinajstić information content (AvgIpc) is 2.39. The Morgan fingerprint density at radius 2 is 2.06 bits per heavy atom. The maximum absolute atomic E-state index is 12.2. The predicted molar refractivity (Wildman–Crippen MR) is 67.9 cm³/mol. The summed E-state index contributed by atoms with van der Waals surface area (Å²) >= 11 is 0. The highest BCUT2D eigenvalue weighted by Crippen LogP contribution is 2.21. The van der Waals surface area contributed by atoms with Crippen molar-refractivity contribution >= 4 is 18.3 Å². The van der Waals surface area contributed by atoms with Gasteiger partial charge < -0.3 is 10.2 Å². The summed E-state index contributed by atoms with van der Waals surface area (Å²) in [6.07, 6.45) is 7.12. The molecule has 0 radical (unpaired) electrons. The minimum absolute atomic E-state index is 0. The van der Waals surface area contributed by atoms with Gasteiger partial charge in [0.05, 0.1) is 6.04 Å². The molecule has 1 amide bonds. The van der Waals surface area contributed by atoms with Gasteiger partial charge in [0, 0.05) is 12.6 Å². The summed E-state index contributed by atoms with van der Waals surface area (Å²) < 4.78 is 0. The van der Waals surface area contributed by atoms with Crippen LogP contribution in [0.1, 0.15) is 45.4 Å². The first-order valence-electron chi connectivity index (χ1n) is 6.36. The number of nitrogens with zero attached hydrogens (tertiary/aromatic N) is 1. The summed E-state index contributed by atoms with van der Waals surface area (Å²) in [5, 5.41) is 3.22. The molecule has 1 unspecified atom stereocenters. The smallest absolute Gasteiger partial charge is 0.240 e. The maximum Gasteiger partial charge on any atom is 0.240 e. The molecule has 0 spiro atoms. The van der Waals surface area contributed by atoms with E-state index in [1.54, 1.807) is 0 Å². The minimum Gasteiger partial charge on any atom is -0.338 e. The molecule has 1 N–H and O–H groups in total. The van der Waals surface area contributed by atoms with Gasteiger partial charge in [0.1, 0.15) is 0 Å². The first kappa shape index (κ1) is 13.8. The van der Waals surface area contributed by atoms with Gasteiger partial charge in [0.2, 0.25) is 5.91 Å². The lowest BCUT2D eigenvalue weighted by molar-refractivity contribution is -0.137. The van der Waals surface area contributed by atoms with Crippen molar-refractivity contribution in [2.45, 2.75) is 57.5 Å². The first-order chi connectivity index (χ1) is 7.33.